The van der Waals surface area contributed by atoms with E-state index in [2.05, 4.69) is 5.32 Å². The highest BCUT2D eigenvalue weighted by Crippen LogP contribution is 2.27. The van der Waals surface area contributed by atoms with E-state index < -0.39 is 0 Å². The molecule has 3 rings (SSSR count). The van der Waals surface area contributed by atoms with Gasteiger partial charge in [-0.25, -0.2) is 0 Å². The Bertz CT molecular complexity index is 909. The second-order valence-electron chi connectivity index (χ2n) is 5.38. The van der Waals surface area contributed by atoms with Gasteiger partial charge in [0.2, 0.25) is 0 Å². The summed E-state index contributed by atoms with van der Waals surface area (Å²) >= 11 is 12.0. The predicted molar refractivity (Wildman–Crippen MR) is 104 cm³/mol. The molecule has 0 atom stereocenters. The number of nitrogens with one attached hydrogen (secondary N) is 1. The third kappa shape index (κ3) is 4.48. The maximum Gasteiger partial charge on any atom is 0.255 e. The molecule has 1 amide bonds. The van der Waals surface area contributed by atoms with E-state index in [1.54, 1.807) is 61.7 Å². The van der Waals surface area contributed by atoms with Crippen molar-refractivity contribution in [2.75, 3.05) is 12.4 Å². The quantitative estimate of drug-likeness (QED) is 0.579. The average molecular weight is 388 g/mol. The molecule has 26 heavy (non-hydrogen) atoms. The summed E-state index contributed by atoms with van der Waals surface area (Å²) in [4.78, 5) is 12.4. The molecule has 132 valence electrons. The van der Waals surface area contributed by atoms with Crippen molar-refractivity contribution in [1.29, 1.82) is 0 Å². The minimum absolute atomic E-state index is 0.287. The van der Waals surface area contributed by atoms with Crippen molar-refractivity contribution in [3.63, 3.8) is 0 Å². The van der Waals surface area contributed by atoms with Gasteiger partial charge in [0.05, 0.1) is 17.8 Å². The van der Waals surface area contributed by atoms with E-state index in [4.69, 9.17) is 32.7 Å². The van der Waals surface area contributed by atoms with Crippen molar-refractivity contribution < 1.29 is 14.3 Å². The van der Waals surface area contributed by atoms with Crippen molar-refractivity contribution in [2.45, 2.75) is 0 Å². The standard InChI is InChI=1S/C20H15Cl2NO3/c1-25-15-7-9-17(10-8-15)26-16-5-2-13(3-6-16)20(24)23-19-12-14(21)4-11-18(19)22/h2-12H,1H3,(H,23,24). The predicted octanol–water partition coefficient (Wildman–Crippen LogP) is 6.05. The van der Waals surface area contributed by atoms with Crippen molar-refractivity contribution >= 4 is 34.8 Å². The molecule has 0 aromatic heterocycles. The summed E-state index contributed by atoms with van der Waals surface area (Å²) in [5, 5.41) is 3.65. The lowest BCUT2D eigenvalue weighted by molar-refractivity contribution is 0.102. The molecule has 0 saturated carbocycles. The van der Waals surface area contributed by atoms with E-state index in [0.29, 0.717) is 32.8 Å². The number of ether oxygens (including phenoxy) is 2. The van der Waals surface area contributed by atoms with Crippen LogP contribution in [-0.4, -0.2) is 13.0 Å². The van der Waals surface area contributed by atoms with Gasteiger partial charge >= 0.3 is 0 Å². The van der Waals surface area contributed by atoms with Gasteiger partial charge < -0.3 is 14.8 Å². The number of anilines is 1. The highest BCUT2D eigenvalue weighted by atomic mass is 35.5. The first-order valence-corrected chi connectivity index (χ1v) is 8.49. The molecule has 0 heterocycles. The van der Waals surface area contributed by atoms with Gasteiger partial charge in [0, 0.05) is 10.6 Å². The molecule has 4 nitrogen and oxygen atoms in total. The molecule has 6 heteroatoms. The number of amides is 1. The molecule has 0 radical (unpaired) electrons. The lowest BCUT2D eigenvalue weighted by Gasteiger charge is -2.09. The number of rotatable bonds is 5. The van der Waals surface area contributed by atoms with Crippen LogP contribution < -0.4 is 14.8 Å². The molecule has 0 saturated heterocycles. The summed E-state index contributed by atoms with van der Waals surface area (Å²) in [6.07, 6.45) is 0. The Kier molecular flexibility index (Phi) is 5.66. The fourth-order valence-corrected chi connectivity index (χ4v) is 2.58. The van der Waals surface area contributed by atoms with Gasteiger partial charge in [-0.1, -0.05) is 23.2 Å². The van der Waals surface area contributed by atoms with E-state index >= 15 is 0 Å². The normalized spacial score (nSPS) is 10.3. The van der Waals surface area contributed by atoms with E-state index in [1.807, 2.05) is 12.1 Å². The summed E-state index contributed by atoms with van der Waals surface area (Å²) in [5.74, 6) is 1.76. The van der Waals surface area contributed by atoms with Crippen LogP contribution in [0, 0.1) is 0 Å². The van der Waals surface area contributed by atoms with Crippen LogP contribution in [0.15, 0.2) is 66.7 Å². The van der Waals surface area contributed by atoms with Crippen LogP contribution in [0.1, 0.15) is 10.4 Å². The SMILES string of the molecule is COc1ccc(Oc2ccc(C(=O)Nc3cc(Cl)ccc3Cl)cc2)cc1. The highest BCUT2D eigenvalue weighted by Gasteiger charge is 2.09. The van der Waals surface area contributed by atoms with Crippen LogP contribution in [0.4, 0.5) is 5.69 Å². The first-order chi connectivity index (χ1) is 12.5. The molecule has 0 spiro atoms. The van der Waals surface area contributed by atoms with Gasteiger partial charge in [-0.05, 0) is 66.7 Å². The first kappa shape index (κ1) is 18.1. The minimum atomic E-state index is -0.287. The molecule has 0 aliphatic heterocycles. The highest BCUT2D eigenvalue weighted by molar-refractivity contribution is 6.35. The van der Waals surface area contributed by atoms with E-state index in [1.165, 1.54) is 0 Å². The van der Waals surface area contributed by atoms with Crippen LogP contribution in [0.5, 0.6) is 17.2 Å². The van der Waals surface area contributed by atoms with Gasteiger partial charge in [0.15, 0.2) is 0 Å². The number of hydrogen-bond acceptors (Lipinski definition) is 3. The maximum absolute atomic E-state index is 12.4. The van der Waals surface area contributed by atoms with Crippen molar-refractivity contribution in [3.05, 3.63) is 82.3 Å². The molecule has 3 aromatic carbocycles. The van der Waals surface area contributed by atoms with E-state index in [0.717, 1.165) is 5.75 Å². The first-order valence-electron chi connectivity index (χ1n) is 7.73. The maximum atomic E-state index is 12.4. The van der Waals surface area contributed by atoms with Gasteiger partial charge in [-0.15, -0.1) is 0 Å². The Morgan fingerprint density at radius 3 is 2.04 bits per heavy atom. The monoisotopic (exact) mass is 387 g/mol. The van der Waals surface area contributed by atoms with Gasteiger partial charge in [-0.3, -0.25) is 4.79 Å². The topological polar surface area (TPSA) is 47.6 Å². The summed E-state index contributed by atoms with van der Waals surface area (Å²) in [5.41, 5.74) is 0.936. The van der Waals surface area contributed by atoms with Crippen molar-refractivity contribution in [1.82, 2.24) is 0 Å². The fourth-order valence-electron chi connectivity index (χ4n) is 2.24. The van der Waals surface area contributed by atoms with Crippen molar-refractivity contribution in [2.24, 2.45) is 0 Å². The molecule has 1 N–H and O–H groups in total. The van der Waals surface area contributed by atoms with Crippen LogP contribution in [0.25, 0.3) is 0 Å². The van der Waals surface area contributed by atoms with Crippen LogP contribution in [0.2, 0.25) is 10.0 Å². The Hall–Kier alpha value is -2.69. The Balaban J connectivity index is 1.68. The molecular formula is C20H15Cl2NO3. The lowest BCUT2D eigenvalue weighted by Crippen LogP contribution is -2.12. The van der Waals surface area contributed by atoms with Crippen LogP contribution >= 0.6 is 23.2 Å². The van der Waals surface area contributed by atoms with E-state index in [9.17, 15) is 4.79 Å². The third-order valence-corrected chi connectivity index (χ3v) is 4.15. The number of methoxy groups -OCH3 is 1. The zero-order chi connectivity index (χ0) is 18.5. The largest absolute Gasteiger partial charge is 0.497 e. The Morgan fingerprint density at radius 1 is 0.846 bits per heavy atom. The third-order valence-electron chi connectivity index (χ3n) is 3.59. The lowest BCUT2D eigenvalue weighted by atomic mass is 10.2. The Labute approximate surface area is 161 Å². The molecular weight excluding hydrogens is 373 g/mol. The van der Waals surface area contributed by atoms with Crippen molar-refractivity contribution in [3.8, 4) is 17.2 Å². The number of halogens is 2. The van der Waals surface area contributed by atoms with E-state index in [-0.39, 0.29) is 5.91 Å². The molecule has 3 aromatic rings. The zero-order valence-corrected chi connectivity index (χ0v) is 15.3. The molecule has 0 aliphatic rings. The summed E-state index contributed by atoms with van der Waals surface area (Å²) in [6.45, 7) is 0. The van der Waals surface area contributed by atoms with Crippen LogP contribution in [0.3, 0.4) is 0 Å². The number of carbonyl (C=O) groups is 1. The second kappa shape index (κ2) is 8.13. The molecule has 0 aliphatic carbocycles. The Morgan fingerprint density at radius 2 is 1.42 bits per heavy atom. The average Bonchev–Trinajstić information content (AvgIpc) is 2.66. The molecule has 0 fully saturated rings. The zero-order valence-electron chi connectivity index (χ0n) is 13.8. The second-order valence-corrected chi connectivity index (χ2v) is 6.22. The number of carbonyl (C=O) groups excluding carboxylic acids is 1. The van der Waals surface area contributed by atoms with Crippen LogP contribution in [-0.2, 0) is 0 Å². The minimum Gasteiger partial charge on any atom is -0.497 e. The van der Waals surface area contributed by atoms with Gasteiger partial charge in [0.25, 0.3) is 5.91 Å². The summed E-state index contributed by atoms with van der Waals surface area (Å²) in [7, 11) is 1.61. The summed E-state index contributed by atoms with van der Waals surface area (Å²) < 4.78 is 10.8. The number of benzene rings is 3. The fraction of sp³-hybridized carbons (Fsp3) is 0.0500. The molecule has 0 bridgehead atoms. The molecule has 0 unspecified atom stereocenters. The smallest absolute Gasteiger partial charge is 0.255 e. The number of hydrogen-bond donors (Lipinski definition) is 1. The van der Waals surface area contributed by atoms with Gasteiger partial charge in [-0.2, -0.15) is 0 Å². The van der Waals surface area contributed by atoms with Gasteiger partial charge in [0.1, 0.15) is 17.2 Å². The summed E-state index contributed by atoms with van der Waals surface area (Å²) in [6, 6.07) is 18.9.